The van der Waals surface area contributed by atoms with Gasteiger partial charge in [0.15, 0.2) is 0 Å². The van der Waals surface area contributed by atoms with Gasteiger partial charge in [-0.15, -0.1) is 0 Å². The van der Waals surface area contributed by atoms with Gasteiger partial charge in [-0.25, -0.2) is 9.97 Å². The smallest absolute Gasteiger partial charge is 0.132 e. The van der Waals surface area contributed by atoms with Crippen LogP contribution in [0.1, 0.15) is 11.1 Å². The van der Waals surface area contributed by atoms with Crippen molar-refractivity contribution >= 4 is 34.0 Å². The zero-order valence-electron chi connectivity index (χ0n) is 11.7. The van der Waals surface area contributed by atoms with E-state index < -0.39 is 0 Å². The molecule has 0 fully saturated rings. The van der Waals surface area contributed by atoms with E-state index in [-0.39, 0.29) is 0 Å². The minimum atomic E-state index is 1.00. The van der Waals surface area contributed by atoms with Crippen LogP contribution in [-0.2, 0) is 0 Å². The first-order valence-electron chi connectivity index (χ1n) is 7.26. The fourth-order valence-electron chi connectivity index (χ4n) is 3.04. The van der Waals surface area contributed by atoms with Gasteiger partial charge in [-0.1, -0.05) is 0 Å². The summed E-state index contributed by atoms with van der Waals surface area (Å²) in [5.41, 5.74) is 4.29. The van der Waals surface area contributed by atoms with Crippen LogP contribution in [0.5, 0.6) is 0 Å². The van der Waals surface area contributed by atoms with Crippen LogP contribution in [0.2, 0.25) is 0 Å². The standard InChI is InChI=1S/C20H11N2/c1-3-13-7-15-9-16-8-14-4-2-6-22-20(14)12-18(16)10-17(15)11-19(13)21-5-1/h1-9,11-12H/q+1. The second-order valence-corrected chi connectivity index (χ2v) is 5.54. The molecule has 0 spiro atoms. The fourth-order valence-corrected chi connectivity index (χ4v) is 3.04. The summed E-state index contributed by atoms with van der Waals surface area (Å²) in [7, 11) is 0. The predicted octanol–water partition coefficient (Wildman–Crippen LogP) is 2.63. The van der Waals surface area contributed by atoms with Crippen molar-refractivity contribution in [2.24, 2.45) is 0 Å². The molecule has 0 atom stereocenters. The SMILES string of the molecule is [C+]1=c2cc3ncccc3cc2=Cc2cc3cccnc3cc21. The first-order valence-corrected chi connectivity index (χ1v) is 7.26. The zero-order chi connectivity index (χ0) is 14.5. The molecule has 0 radical (unpaired) electrons. The molecule has 2 heteroatoms. The Hall–Kier alpha value is -3.09. The van der Waals surface area contributed by atoms with Crippen LogP contribution < -0.4 is 10.4 Å². The van der Waals surface area contributed by atoms with Crippen molar-refractivity contribution in [2.75, 3.05) is 0 Å². The first kappa shape index (κ1) is 11.6. The molecule has 2 nitrogen and oxygen atoms in total. The number of benzene rings is 2. The van der Waals surface area contributed by atoms with E-state index in [4.69, 9.17) is 0 Å². The van der Waals surface area contributed by atoms with Gasteiger partial charge < -0.3 is 0 Å². The molecule has 2 heterocycles. The highest BCUT2D eigenvalue weighted by atomic mass is 14.6. The van der Waals surface area contributed by atoms with Crippen molar-refractivity contribution < 1.29 is 0 Å². The molecule has 0 saturated carbocycles. The van der Waals surface area contributed by atoms with Crippen molar-refractivity contribution in [3.63, 3.8) is 0 Å². The molecular formula is C20H11N2+. The molecule has 0 bridgehead atoms. The van der Waals surface area contributed by atoms with E-state index in [1.54, 1.807) is 0 Å². The Kier molecular flexibility index (Phi) is 2.21. The Balaban J connectivity index is 1.87. The summed E-state index contributed by atoms with van der Waals surface area (Å²) in [6.45, 7) is 0. The quantitative estimate of drug-likeness (QED) is 0.407. The second-order valence-electron chi connectivity index (χ2n) is 5.54. The highest BCUT2D eigenvalue weighted by Gasteiger charge is 2.14. The third-order valence-electron chi connectivity index (χ3n) is 4.13. The Morgan fingerprint density at radius 2 is 1.50 bits per heavy atom. The van der Waals surface area contributed by atoms with Gasteiger partial charge in [-0.05, 0) is 36.4 Å². The Morgan fingerprint density at radius 1 is 0.773 bits per heavy atom. The maximum atomic E-state index is 4.43. The van der Waals surface area contributed by atoms with Crippen molar-refractivity contribution in [1.82, 2.24) is 9.97 Å². The number of nitrogens with zero attached hydrogens (tertiary/aromatic N) is 2. The number of hydrogen-bond acceptors (Lipinski definition) is 2. The summed E-state index contributed by atoms with van der Waals surface area (Å²) in [6.07, 6.45) is 9.39. The molecule has 100 valence electrons. The van der Waals surface area contributed by atoms with E-state index in [2.05, 4.69) is 58.5 Å². The molecule has 2 aromatic carbocycles. The van der Waals surface area contributed by atoms with E-state index in [1.807, 2.05) is 24.5 Å². The van der Waals surface area contributed by atoms with Gasteiger partial charge in [0, 0.05) is 47.5 Å². The van der Waals surface area contributed by atoms with Crippen LogP contribution in [0.3, 0.4) is 0 Å². The highest BCUT2D eigenvalue weighted by molar-refractivity contribution is 5.87. The number of pyridine rings is 2. The van der Waals surface area contributed by atoms with Gasteiger partial charge in [0.05, 0.1) is 10.8 Å². The van der Waals surface area contributed by atoms with E-state index in [0.29, 0.717) is 0 Å². The lowest BCUT2D eigenvalue weighted by molar-refractivity contribution is 1.38. The molecule has 22 heavy (non-hydrogen) atoms. The number of hydrogen-bond donors (Lipinski definition) is 0. The number of fused-ring (bicyclic) bond motifs is 4. The molecule has 0 N–H and O–H groups in total. The molecule has 0 unspecified atom stereocenters. The third-order valence-corrected chi connectivity index (χ3v) is 4.13. The minimum Gasteiger partial charge on any atom is -0.248 e. The topological polar surface area (TPSA) is 25.8 Å². The average molecular weight is 279 g/mol. The second kappa shape index (κ2) is 4.20. The van der Waals surface area contributed by atoms with Crippen LogP contribution >= 0.6 is 0 Å². The van der Waals surface area contributed by atoms with Gasteiger partial charge >= 0.3 is 0 Å². The Morgan fingerprint density at radius 3 is 2.32 bits per heavy atom. The van der Waals surface area contributed by atoms with Crippen molar-refractivity contribution in [3.8, 4) is 0 Å². The van der Waals surface area contributed by atoms with Gasteiger partial charge in [-0.3, -0.25) is 0 Å². The number of rotatable bonds is 0. The van der Waals surface area contributed by atoms with Crippen LogP contribution in [0.25, 0.3) is 34.0 Å². The maximum absolute atomic E-state index is 4.43. The summed E-state index contributed by atoms with van der Waals surface area (Å²) < 4.78 is 0. The largest absolute Gasteiger partial charge is 0.248 e. The van der Waals surface area contributed by atoms with Gasteiger partial charge in [0.1, 0.15) is 21.8 Å². The molecule has 0 saturated heterocycles. The highest BCUT2D eigenvalue weighted by Crippen LogP contribution is 2.21. The fraction of sp³-hybridized carbons (Fsp3) is 0. The summed E-state index contributed by atoms with van der Waals surface area (Å²) in [5, 5.41) is 4.60. The lowest BCUT2D eigenvalue weighted by atomic mass is 9.96. The monoisotopic (exact) mass is 279 g/mol. The normalized spacial score (nSPS) is 12.0. The summed E-state index contributed by atoms with van der Waals surface area (Å²) in [4.78, 5) is 8.86. The lowest BCUT2D eigenvalue weighted by Gasteiger charge is -2.02. The van der Waals surface area contributed by atoms with Crippen LogP contribution in [0, 0.1) is 0 Å². The van der Waals surface area contributed by atoms with E-state index in [1.165, 1.54) is 10.8 Å². The van der Waals surface area contributed by atoms with Crippen LogP contribution in [-0.4, -0.2) is 9.97 Å². The van der Waals surface area contributed by atoms with Crippen molar-refractivity contribution in [1.29, 1.82) is 0 Å². The van der Waals surface area contributed by atoms with Crippen LogP contribution in [0.15, 0.2) is 60.9 Å². The van der Waals surface area contributed by atoms with E-state index >= 15 is 0 Å². The predicted molar refractivity (Wildman–Crippen MR) is 88.8 cm³/mol. The van der Waals surface area contributed by atoms with Crippen molar-refractivity contribution in [2.45, 2.75) is 0 Å². The lowest BCUT2D eigenvalue weighted by Crippen LogP contribution is -2.27. The summed E-state index contributed by atoms with van der Waals surface area (Å²) >= 11 is 0. The van der Waals surface area contributed by atoms with Gasteiger partial charge in [0.2, 0.25) is 0 Å². The first-order chi connectivity index (χ1) is 10.9. The molecule has 1 aliphatic rings. The summed E-state index contributed by atoms with van der Waals surface area (Å²) in [5.74, 6) is 0. The maximum Gasteiger partial charge on any atom is 0.132 e. The molecule has 1 aliphatic carbocycles. The average Bonchev–Trinajstić information content (AvgIpc) is 2.56. The van der Waals surface area contributed by atoms with Crippen LogP contribution in [0.4, 0.5) is 0 Å². The van der Waals surface area contributed by atoms with Gasteiger partial charge in [0.25, 0.3) is 0 Å². The molecule has 2 aromatic heterocycles. The molecule has 4 aromatic rings. The number of aromatic nitrogens is 2. The zero-order valence-corrected chi connectivity index (χ0v) is 11.7. The third kappa shape index (κ3) is 1.65. The molecule has 0 aliphatic heterocycles. The Labute approximate surface area is 127 Å². The minimum absolute atomic E-state index is 1.00. The molecule has 0 amide bonds. The Bertz CT molecular complexity index is 1080. The molecular weight excluding hydrogens is 268 g/mol. The molecule has 5 rings (SSSR count). The van der Waals surface area contributed by atoms with E-state index in [0.717, 1.165) is 32.6 Å². The van der Waals surface area contributed by atoms with E-state index in [9.17, 15) is 0 Å². The van der Waals surface area contributed by atoms with Gasteiger partial charge in [-0.2, -0.15) is 0 Å². The van der Waals surface area contributed by atoms with Crippen molar-refractivity contribution in [3.05, 3.63) is 82.5 Å². The summed E-state index contributed by atoms with van der Waals surface area (Å²) in [6, 6.07) is 16.7.